The van der Waals surface area contributed by atoms with Gasteiger partial charge in [-0.25, -0.2) is 9.13 Å². The van der Waals surface area contributed by atoms with Gasteiger partial charge in [0.1, 0.15) is 19.3 Å². The van der Waals surface area contributed by atoms with Gasteiger partial charge in [-0.1, -0.05) is 268 Å². The molecule has 0 aliphatic carbocycles. The van der Waals surface area contributed by atoms with Crippen molar-refractivity contribution >= 4 is 39.5 Å². The first-order valence-electron chi connectivity index (χ1n) is 36.2. The van der Waals surface area contributed by atoms with Gasteiger partial charge in [0.15, 0.2) is 12.2 Å². The fourth-order valence-electron chi connectivity index (χ4n) is 9.64. The first-order chi connectivity index (χ1) is 44.7. The molecule has 0 aromatic carbocycles. The summed E-state index contributed by atoms with van der Waals surface area (Å²) < 4.78 is 68.2. The highest BCUT2D eigenvalue weighted by atomic mass is 31.2. The molecule has 0 heterocycles. The molecule has 92 heavy (non-hydrogen) atoms. The van der Waals surface area contributed by atoms with Gasteiger partial charge >= 0.3 is 39.5 Å². The second kappa shape index (κ2) is 66.1. The van der Waals surface area contributed by atoms with Crippen LogP contribution >= 0.6 is 15.6 Å². The molecule has 0 aliphatic rings. The highest BCUT2D eigenvalue weighted by molar-refractivity contribution is 7.47. The van der Waals surface area contributed by atoms with Crippen molar-refractivity contribution in [1.82, 2.24) is 0 Å². The number of rotatable bonds is 68. The van der Waals surface area contributed by atoms with E-state index >= 15 is 0 Å². The zero-order valence-corrected chi connectivity index (χ0v) is 59.8. The highest BCUT2D eigenvalue weighted by Crippen LogP contribution is 2.45. The number of carbonyl (C=O) groups is 4. The van der Waals surface area contributed by atoms with Gasteiger partial charge < -0.3 is 33.8 Å². The van der Waals surface area contributed by atoms with E-state index in [4.69, 9.17) is 37.0 Å². The van der Waals surface area contributed by atoms with Crippen molar-refractivity contribution in [3.63, 3.8) is 0 Å². The quantitative estimate of drug-likeness (QED) is 0.0169. The Morgan fingerprint density at radius 2 is 0.576 bits per heavy atom. The molecule has 0 rings (SSSR count). The van der Waals surface area contributed by atoms with E-state index in [-0.39, 0.29) is 25.7 Å². The van der Waals surface area contributed by atoms with Crippen LogP contribution in [0.25, 0.3) is 0 Å². The standard InChI is InChI=1S/C73H130O17P2/c1-5-9-13-17-21-25-29-30-31-32-33-34-35-36-40-42-46-50-54-58-71(76)84-64-69(90-73(78)60-56-52-48-44-39-28-24-20-16-12-8-4)66-88-92(81,82)86-62-67(74)61-85-91(79,80)87-65-68(89-72(77)59-55-51-47-43-38-27-23-19-15-11-7-3)63-83-70(75)57-53-49-45-41-37-26-22-18-14-10-6-2/h9,13,20-21,24-25,30-31,33-34,36,40,67-69,74H,5-8,10-12,14-19,22-23,26-29,32,35,37-39,41-66H2,1-4H3,(H,79,80)(H,81,82)/b13-9-,24-20-,25-21-,31-30-,34-33-,40-36-. The topological polar surface area (TPSA) is 237 Å². The molecule has 0 amide bonds. The van der Waals surface area contributed by atoms with E-state index in [1.165, 1.54) is 96.3 Å². The molecule has 0 radical (unpaired) electrons. The Kier molecular flexibility index (Phi) is 63.6. The summed E-state index contributed by atoms with van der Waals surface area (Å²) in [6, 6.07) is 0. The molecule has 0 spiro atoms. The van der Waals surface area contributed by atoms with Crippen LogP contribution in [0.4, 0.5) is 0 Å². The second-order valence-electron chi connectivity index (χ2n) is 24.2. The van der Waals surface area contributed by atoms with Crippen molar-refractivity contribution in [3.8, 4) is 0 Å². The zero-order chi connectivity index (χ0) is 67.5. The minimum Gasteiger partial charge on any atom is -0.462 e. The number of aliphatic hydroxyl groups excluding tert-OH is 1. The Labute approximate surface area is 558 Å². The molecule has 5 atom stereocenters. The maximum absolute atomic E-state index is 13.0. The van der Waals surface area contributed by atoms with Crippen LogP contribution in [0.2, 0.25) is 0 Å². The fourth-order valence-corrected chi connectivity index (χ4v) is 11.2. The summed E-state index contributed by atoms with van der Waals surface area (Å²) in [4.78, 5) is 72.5. The third-order valence-corrected chi connectivity index (χ3v) is 17.1. The monoisotopic (exact) mass is 1340 g/mol. The van der Waals surface area contributed by atoms with Crippen LogP contribution in [0.15, 0.2) is 72.9 Å². The average Bonchev–Trinajstić information content (AvgIpc) is 2.26. The molecule has 534 valence electrons. The lowest BCUT2D eigenvalue weighted by Gasteiger charge is -2.21. The number of hydrogen-bond acceptors (Lipinski definition) is 15. The minimum absolute atomic E-state index is 0.0788. The van der Waals surface area contributed by atoms with Crippen molar-refractivity contribution < 1.29 is 80.2 Å². The first kappa shape index (κ1) is 88.5. The van der Waals surface area contributed by atoms with Crippen LogP contribution < -0.4 is 0 Å². The van der Waals surface area contributed by atoms with Crippen molar-refractivity contribution in [3.05, 3.63) is 72.9 Å². The van der Waals surface area contributed by atoms with Gasteiger partial charge in [-0.05, 0) is 89.9 Å². The van der Waals surface area contributed by atoms with Gasteiger partial charge in [-0.2, -0.15) is 0 Å². The van der Waals surface area contributed by atoms with E-state index in [9.17, 15) is 43.2 Å². The lowest BCUT2D eigenvalue weighted by Crippen LogP contribution is -2.30. The normalized spacial score (nSPS) is 14.5. The summed E-state index contributed by atoms with van der Waals surface area (Å²) in [5.41, 5.74) is 0. The van der Waals surface area contributed by atoms with Gasteiger partial charge in [0.25, 0.3) is 0 Å². The van der Waals surface area contributed by atoms with E-state index in [0.29, 0.717) is 25.7 Å². The summed E-state index contributed by atoms with van der Waals surface area (Å²) in [6.45, 7) is 4.67. The number of carbonyl (C=O) groups excluding carboxylic acids is 4. The molecule has 19 heteroatoms. The van der Waals surface area contributed by atoms with Crippen LogP contribution in [0.1, 0.15) is 310 Å². The lowest BCUT2D eigenvalue weighted by molar-refractivity contribution is -0.161. The zero-order valence-electron chi connectivity index (χ0n) is 58.0. The summed E-state index contributed by atoms with van der Waals surface area (Å²) in [5.74, 6) is -2.20. The Hall–Kier alpha value is -3.50. The van der Waals surface area contributed by atoms with Gasteiger partial charge in [0.05, 0.1) is 26.4 Å². The molecule has 17 nitrogen and oxygen atoms in total. The number of hydrogen-bond donors (Lipinski definition) is 3. The second-order valence-corrected chi connectivity index (χ2v) is 27.1. The third kappa shape index (κ3) is 65.2. The predicted octanol–water partition coefficient (Wildman–Crippen LogP) is 20.1. The molecule has 3 N–H and O–H groups in total. The average molecular weight is 1340 g/mol. The lowest BCUT2D eigenvalue weighted by atomic mass is 10.1. The molecular weight excluding hydrogens is 1210 g/mol. The molecule has 0 fully saturated rings. The van der Waals surface area contributed by atoms with Gasteiger partial charge in [0.2, 0.25) is 0 Å². The molecule has 0 saturated carbocycles. The smallest absolute Gasteiger partial charge is 0.462 e. The van der Waals surface area contributed by atoms with Gasteiger partial charge in [-0.3, -0.25) is 37.3 Å². The number of phosphoric ester groups is 2. The van der Waals surface area contributed by atoms with E-state index in [1.807, 2.05) is 0 Å². The first-order valence-corrected chi connectivity index (χ1v) is 39.2. The number of unbranched alkanes of at least 4 members (excludes halogenated alkanes) is 30. The number of ether oxygens (including phenoxy) is 4. The number of esters is 4. The van der Waals surface area contributed by atoms with E-state index in [0.717, 1.165) is 135 Å². The maximum Gasteiger partial charge on any atom is 0.472 e. The van der Waals surface area contributed by atoms with Crippen LogP contribution in [0.3, 0.4) is 0 Å². The van der Waals surface area contributed by atoms with Crippen LogP contribution in [-0.2, 0) is 65.4 Å². The van der Waals surface area contributed by atoms with E-state index < -0.39 is 97.5 Å². The van der Waals surface area contributed by atoms with Crippen LogP contribution in [0, 0.1) is 0 Å². The van der Waals surface area contributed by atoms with E-state index in [2.05, 4.69) is 101 Å². The Balaban J connectivity index is 5.29. The van der Waals surface area contributed by atoms with Crippen LogP contribution in [0.5, 0.6) is 0 Å². The summed E-state index contributed by atoms with van der Waals surface area (Å²) in [7, 11) is -9.93. The van der Waals surface area contributed by atoms with Crippen LogP contribution in [-0.4, -0.2) is 96.7 Å². The van der Waals surface area contributed by atoms with Gasteiger partial charge in [-0.15, -0.1) is 0 Å². The Morgan fingerprint density at radius 1 is 0.315 bits per heavy atom. The van der Waals surface area contributed by atoms with E-state index in [1.54, 1.807) is 0 Å². The van der Waals surface area contributed by atoms with Crippen molar-refractivity contribution in [2.45, 2.75) is 329 Å². The maximum atomic E-state index is 13.0. The third-order valence-electron chi connectivity index (χ3n) is 15.2. The Bertz CT molecular complexity index is 2040. The highest BCUT2D eigenvalue weighted by Gasteiger charge is 2.30. The fraction of sp³-hybridized carbons (Fsp3) is 0.781. The van der Waals surface area contributed by atoms with Crippen molar-refractivity contribution in [2.24, 2.45) is 0 Å². The molecule has 0 aromatic heterocycles. The minimum atomic E-state index is -4.97. The Morgan fingerprint density at radius 3 is 0.924 bits per heavy atom. The molecular formula is C73H130O17P2. The number of allylic oxidation sites excluding steroid dienone is 12. The van der Waals surface area contributed by atoms with Crippen molar-refractivity contribution in [1.29, 1.82) is 0 Å². The summed E-state index contributed by atoms with van der Waals surface area (Å²) in [5, 5.41) is 10.6. The molecule has 0 saturated heterocycles. The molecule has 0 bridgehead atoms. The largest absolute Gasteiger partial charge is 0.472 e. The molecule has 0 aromatic rings. The molecule has 0 aliphatic heterocycles. The predicted molar refractivity (Wildman–Crippen MR) is 372 cm³/mol. The van der Waals surface area contributed by atoms with Gasteiger partial charge in [0, 0.05) is 25.7 Å². The number of phosphoric acid groups is 2. The summed E-state index contributed by atoms with van der Waals surface area (Å²) >= 11 is 0. The van der Waals surface area contributed by atoms with Crippen molar-refractivity contribution in [2.75, 3.05) is 39.6 Å². The summed E-state index contributed by atoms with van der Waals surface area (Å²) in [6.07, 6.45) is 63.5. The molecule has 5 unspecified atom stereocenters. The number of aliphatic hydroxyl groups is 1. The SMILES string of the molecule is CC/C=C\C/C=C\C/C=C\C/C=C\C/C=C\CCCCCC(=O)OCC(COP(=O)(O)OCC(O)COP(=O)(O)OCC(COC(=O)CCCCCCCCCCCCC)OC(=O)CCCCCCCCCCCCC)OC(=O)CCCCCCC/C=C\CCCC.